The second kappa shape index (κ2) is 8.68. The standard InChI is InChI=1S/C23H21ClN6O2/c1-3-16-11-17(20-22(25)26-12-27-30(16)20)21(31)14-5-4-6-15(10-14)28-23(32)29-19-8-7-13(2)9-18(19)24/h4-12H,3H2,1-2H3,(H2,25,26,27)(H2,28,29,32). The zero-order valence-corrected chi connectivity index (χ0v) is 18.3. The normalized spacial score (nSPS) is 10.8. The van der Waals surface area contributed by atoms with Crippen molar-refractivity contribution in [3.8, 4) is 0 Å². The van der Waals surface area contributed by atoms with Gasteiger partial charge in [0.1, 0.15) is 11.8 Å². The lowest BCUT2D eigenvalue weighted by molar-refractivity contribution is 0.104. The van der Waals surface area contributed by atoms with Crippen molar-refractivity contribution in [2.24, 2.45) is 0 Å². The second-order valence-corrected chi connectivity index (χ2v) is 7.69. The van der Waals surface area contributed by atoms with Crippen molar-refractivity contribution in [1.29, 1.82) is 0 Å². The van der Waals surface area contributed by atoms with E-state index in [9.17, 15) is 9.59 Å². The Morgan fingerprint density at radius 2 is 1.94 bits per heavy atom. The van der Waals surface area contributed by atoms with Crippen LogP contribution >= 0.6 is 11.6 Å². The molecule has 0 spiro atoms. The molecule has 0 bridgehead atoms. The first-order valence-corrected chi connectivity index (χ1v) is 10.3. The molecule has 8 nitrogen and oxygen atoms in total. The van der Waals surface area contributed by atoms with Crippen LogP contribution in [0.15, 0.2) is 54.9 Å². The van der Waals surface area contributed by atoms with E-state index in [1.54, 1.807) is 47.0 Å². The van der Waals surface area contributed by atoms with Gasteiger partial charge in [0.05, 0.1) is 16.3 Å². The molecule has 4 rings (SSSR count). The van der Waals surface area contributed by atoms with Crippen LogP contribution in [-0.2, 0) is 6.42 Å². The Morgan fingerprint density at radius 3 is 2.69 bits per heavy atom. The van der Waals surface area contributed by atoms with Crippen molar-refractivity contribution in [3.63, 3.8) is 0 Å². The molecular formula is C23H21ClN6O2. The number of carbonyl (C=O) groups is 2. The summed E-state index contributed by atoms with van der Waals surface area (Å²) >= 11 is 6.18. The Labute approximate surface area is 189 Å². The van der Waals surface area contributed by atoms with Gasteiger partial charge < -0.3 is 16.4 Å². The maximum atomic E-state index is 13.3. The van der Waals surface area contributed by atoms with Crippen molar-refractivity contribution < 1.29 is 9.59 Å². The summed E-state index contributed by atoms with van der Waals surface area (Å²) in [6.45, 7) is 3.88. The first-order chi connectivity index (χ1) is 15.4. The molecule has 2 aromatic heterocycles. The number of benzene rings is 2. The summed E-state index contributed by atoms with van der Waals surface area (Å²) in [7, 11) is 0. The fraction of sp³-hybridized carbons (Fsp3) is 0.130. The number of hydrogen-bond acceptors (Lipinski definition) is 5. The topological polar surface area (TPSA) is 114 Å². The van der Waals surface area contributed by atoms with Gasteiger partial charge in [0.15, 0.2) is 11.6 Å². The van der Waals surface area contributed by atoms with Gasteiger partial charge in [-0.05, 0) is 49.2 Å². The summed E-state index contributed by atoms with van der Waals surface area (Å²) in [5.74, 6) is -0.0129. The number of nitrogens with zero attached hydrogens (tertiary/aromatic N) is 3. The van der Waals surface area contributed by atoms with Gasteiger partial charge in [0.2, 0.25) is 0 Å². The largest absolute Gasteiger partial charge is 0.382 e. The van der Waals surface area contributed by atoms with E-state index in [0.29, 0.717) is 39.5 Å². The molecule has 2 amide bonds. The van der Waals surface area contributed by atoms with Crippen molar-refractivity contribution in [3.05, 3.63) is 82.3 Å². The van der Waals surface area contributed by atoms with Crippen molar-refractivity contribution in [2.45, 2.75) is 20.3 Å². The number of carbonyl (C=O) groups excluding carboxylic acids is 2. The SMILES string of the molecule is CCc1cc(C(=O)c2cccc(NC(=O)Nc3ccc(C)cc3Cl)c2)c2c(N)ncnn12. The highest BCUT2D eigenvalue weighted by Crippen LogP contribution is 2.25. The number of anilines is 3. The second-order valence-electron chi connectivity index (χ2n) is 7.28. The highest BCUT2D eigenvalue weighted by molar-refractivity contribution is 6.33. The monoisotopic (exact) mass is 448 g/mol. The Bertz CT molecular complexity index is 1350. The molecule has 0 fully saturated rings. The van der Waals surface area contributed by atoms with Crippen LogP contribution in [0.3, 0.4) is 0 Å². The quantitative estimate of drug-likeness (QED) is 0.382. The molecule has 0 aliphatic heterocycles. The van der Waals surface area contributed by atoms with E-state index in [1.165, 1.54) is 6.33 Å². The molecule has 0 aliphatic rings. The lowest BCUT2D eigenvalue weighted by Crippen LogP contribution is -2.19. The number of halogens is 1. The molecule has 0 unspecified atom stereocenters. The summed E-state index contributed by atoms with van der Waals surface area (Å²) in [5.41, 5.74) is 10.1. The van der Waals surface area contributed by atoms with Crippen LogP contribution in [0.4, 0.5) is 22.0 Å². The number of urea groups is 1. The van der Waals surface area contributed by atoms with E-state index in [2.05, 4.69) is 20.7 Å². The lowest BCUT2D eigenvalue weighted by Gasteiger charge is -2.10. The van der Waals surface area contributed by atoms with Crippen LogP contribution < -0.4 is 16.4 Å². The van der Waals surface area contributed by atoms with Crippen molar-refractivity contribution >= 4 is 46.1 Å². The third-order valence-corrected chi connectivity index (χ3v) is 5.33. The molecule has 0 saturated heterocycles. The molecule has 4 aromatic rings. The van der Waals surface area contributed by atoms with Crippen molar-refractivity contribution in [2.75, 3.05) is 16.4 Å². The number of rotatable bonds is 5. The zero-order valence-electron chi connectivity index (χ0n) is 17.5. The predicted molar refractivity (Wildman–Crippen MR) is 125 cm³/mol. The minimum absolute atomic E-state index is 0.228. The van der Waals surface area contributed by atoms with Gasteiger partial charge in [-0.15, -0.1) is 0 Å². The molecule has 32 heavy (non-hydrogen) atoms. The maximum absolute atomic E-state index is 13.3. The molecule has 2 heterocycles. The number of fused-ring (bicyclic) bond motifs is 1. The highest BCUT2D eigenvalue weighted by Gasteiger charge is 2.20. The van der Waals surface area contributed by atoms with Crippen molar-refractivity contribution in [1.82, 2.24) is 14.6 Å². The van der Waals surface area contributed by atoms with Gasteiger partial charge >= 0.3 is 6.03 Å². The van der Waals surface area contributed by atoms with Gasteiger partial charge in [-0.3, -0.25) is 4.79 Å². The number of amides is 2. The van der Waals surface area contributed by atoms with E-state index in [4.69, 9.17) is 17.3 Å². The molecule has 2 aromatic carbocycles. The van der Waals surface area contributed by atoms with Gasteiger partial charge in [0.25, 0.3) is 0 Å². The molecule has 4 N–H and O–H groups in total. The molecule has 0 saturated carbocycles. The van der Waals surface area contributed by atoms with Crippen LogP contribution in [0.2, 0.25) is 5.02 Å². The van der Waals surface area contributed by atoms with Gasteiger partial charge in [-0.1, -0.05) is 36.7 Å². The molecule has 0 radical (unpaired) electrons. The number of aryl methyl sites for hydroxylation is 2. The van der Waals surface area contributed by atoms with E-state index in [-0.39, 0.29) is 11.6 Å². The number of nitrogen functional groups attached to an aromatic ring is 1. The summed E-state index contributed by atoms with van der Waals surface area (Å²) < 4.78 is 1.64. The Morgan fingerprint density at radius 1 is 1.12 bits per heavy atom. The fourth-order valence-electron chi connectivity index (χ4n) is 3.46. The molecule has 9 heteroatoms. The smallest absolute Gasteiger partial charge is 0.323 e. The Hall–Kier alpha value is -3.91. The number of nitrogens with two attached hydrogens (primary N) is 1. The Kier molecular flexibility index (Phi) is 5.79. The number of ketones is 1. The summed E-state index contributed by atoms with van der Waals surface area (Å²) in [5, 5.41) is 10.1. The first kappa shape index (κ1) is 21.3. The average Bonchev–Trinajstić information content (AvgIpc) is 3.15. The summed E-state index contributed by atoms with van der Waals surface area (Å²) in [6.07, 6.45) is 2.04. The van der Waals surface area contributed by atoms with Gasteiger partial charge in [-0.2, -0.15) is 5.10 Å². The van der Waals surface area contributed by atoms with Crippen LogP contribution in [0.25, 0.3) is 5.52 Å². The lowest BCUT2D eigenvalue weighted by atomic mass is 10.0. The first-order valence-electron chi connectivity index (χ1n) is 9.97. The summed E-state index contributed by atoms with van der Waals surface area (Å²) in [4.78, 5) is 29.7. The highest BCUT2D eigenvalue weighted by atomic mass is 35.5. The van der Waals surface area contributed by atoms with Crippen LogP contribution in [0, 0.1) is 6.92 Å². The molecule has 0 atom stereocenters. The molecular weight excluding hydrogens is 428 g/mol. The van der Waals surface area contributed by atoms with Gasteiger partial charge in [0, 0.05) is 16.9 Å². The van der Waals surface area contributed by atoms with Crippen LogP contribution in [0.1, 0.15) is 34.1 Å². The average molecular weight is 449 g/mol. The van der Waals surface area contributed by atoms with E-state index < -0.39 is 6.03 Å². The molecule has 0 aliphatic carbocycles. The predicted octanol–water partition coefficient (Wildman–Crippen LogP) is 4.71. The van der Waals surface area contributed by atoms with Gasteiger partial charge in [-0.25, -0.2) is 14.3 Å². The Balaban J connectivity index is 1.59. The third kappa shape index (κ3) is 4.13. The number of nitrogens with one attached hydrogen (secondary N) is 2. The maximum Gasteiger partial charge on any atom is 0.323 e. The van der Waals surface area contributed by atoms with E-state index in [1.807, 2.05) is 19.9 Å². The third-order valence-electron chi connectivity index (χ3n) is 5.02. The van der Waals surface area contributed by atoms with E-state index >= 15 is 0 Å². The van der Waals surface area contributed by atoms with Crippen LogP contribution in [-0.4, -0.2) is 26.4 Å². The number of hydrogen-bond donors (Lipinski definition) is 3. The van der Waals surface area contributed by atoms with Crippen LogP contribution in [0.5, 0.6) is 0 Å². The fourth-order valence-corrected chi connectivity index (χ4v) is 3.74. The van der Waals surface area contributed by atoms with E-state index in [0.717, 1.165) is 11.3 Å². The minimum Gasteiger partial charge on any atom is -0.382 e. The summed E-state index contributed by atoms with van der Waals surface area (Å²) in [6, 6.07) is 13.3. The zero-order chi connectivity index (χ0) is 22.8. The molecule has 162 valence electrons. The number of aromatic nitrogens is 3. The minimum atomic E-state index is -0.472.